The molecule has 2 amide bonds. The average molecular weight is 388 g/mol. The van der Waals surface area contributed by atoms with Crippen LogP contribution in [0.15, 0.2) is 30.3 Å². The van der Waals surface area contributed by atoms with Crippen molar-refractivity contribution < 1.29 is 32.2 Å². The number of rotatable bonds is 3. The van der Waals surface area contributed by atoms with Gasteiger partial charge in [-0.1, -0.05) is 30.3 Å². The van der Waals surface area contributed by atoms with Crippen molar-refractivity contribution in [1.29, 1.82) is 0 Å². The van der Waals surface area contributed by atoms with Crippen LogP contribution >= 0.6 is 0 Å². The van der Waals surface area contributed by atoms with E-state index in [4.69, 9.17) is 9.47 Å². The van der Waals surface area contributed by atoms with Gasteiger partial charge in [0.15, 0.2) is 0 Å². The summed E-state index contributed by atoms with van der Waals surface area (Å²) in [6, 6.07) is 7.46. The smallest absolute Gasteiger partial charge is 0.410 e. The van der Waals surface area contributed by atoms with E-state index < -0.39 is 42.5 Å². The summed E-state index contributed by atoms with van der Waals surface area (Å²) in [7, 11) is 0. The van der Waals surface area contributed by atoms with Crippen LogP contribution < -0.4 is 5.32 Å². The normalized spacial score (nSPS) is 20.3. The Labute approximate surface area is 155 Å². The summed E-state index contributed by atoms with van der Waals surface area (Å²) in [6.45, 7) is 3.92. The van der Waals surface area contributed by atoms with E-state index in [1.165, 1.54) is 0 Å². The molecule has 1 aliphatic heterocycles. The Hall–Kier alpha value is -2.45. The molecule has 1 fully saturated rings. The highest BCUT2D eigenvalue weighted by Gasteiger charge is 2.52. The lowest BCUT2D eigenvalue weighted by molar-refractivity contribution is -0.174. The van der Waals surface area contributed by atoms with Gasteiger partial charge >= 0.3 is 18.4 Å². The number of halogens is 3. The lowest BCUT2D eigenvalue weighted by atomic mass is 10.0. The Bertz CT molecular complexity index is 659. The van der Waals surface area contributed by atoms with E-state index in [1.54, 1.807) is 51.1 Å². The summed E-state index contributed by atoms with van der Waals surface area (Å²) < 4.78 is 50.0. The predicted octanol–water partition coefficient (Wildman–Crippen LogP) is 3.71. The molecule has 150 valence electrons. The van der Waals surface area contributed by atoms with Gasteiger partial charge in [0.05, 0.1) is 12.0 Å². The van der Waals surface area contributed by atoms with E-state index in [9.17, 15) is 22.8 Å². The molecule has 0 bridgehead atoms. The number of likely N-dealkylation sites (tertiary alicyclic amines) is 1. The van der Waals surface area contributed by atoms with E-state index in [-0.39, 0.29) is 13.2 Å². The summed E-state index contributed by atoms with van der Waals surface area (Å²) in [5.41, 5.74) is -0.118. The Morgan fingerprint density at radius 3 is 2.33 bits per heavy atom. The maximum Gasteiger partial charge on any atom is 0.410 e. The monoisotopic (exact) mass is 388 g/mol. The molecule has 1 aromatic rings. The van der Waals surface area contributed by atoms with Gasteiger partial charge in [0.1, 0.15) is 12.2 Å². The summed E-state index contributed by atoms with van der Waals surface area (Å²) in [5.74, 6) is -1.89. The van der Waals surface area contributed by atoms with Gasteiger partial charge in [-0.2, -0.15) is 13.2 Å². The van der Waals surface area contributed by atoms with Crippen LogP contribution in [0.1, 0.15) is 26.3 Å². The van der Waals surface area contributed by atoms with Crippen molar-refractivity contribution in [1.82, 2.24) is 10.2 Å². The molecular formula is C18H23F3N2O4. The largest absolute Gasteiger partial charge is 0.445 e. The van der Waals surface area contributed by atoms with Crippen LogP contribution in [0.5, 0.6) is 0 Å². The highest BCUT2D eigenvalue weighted by atomic mass is 19.4. The molecule has 0 radical (unpaired) electrons. The number of benzene rings is 1. The highest BCUT2D eigenvalue weighted by molar-refractivity contribution is 5.70. The zero-order valence-corrected chi connectivity index (χ0v) is 15.4. The van der Waals surface area contributed by atoms with Crippen LogP contribution in [0, 0.1) is 5.92 Å². The zero-order chi connectivity index (χ0) is 20.2. The van der Waals surface area contributed by atoms with E-state index >= 15 is 0 Å². The first kappa shape index (κ1) is 20.9. The molecular weight excluding hydrogens is 365 g/mol. The summed E-state index contributed by atoms with van der Waals surface area (Å²) in [4.78, 5) is 24.9. The predicted molar refractivity (Wildman–Crippen MR) is 90.9 cm³/mol. The number of alkyl carbamates (subject to hydrolysis) is 1. The van der Waals surface area contributed by atoms with E-state index in [1.807, 2.05) is 0 Å². The minimum atomic E-state index is -4.58. The topological polar surface area (TPSA) is 67.9 Å². The van der Waals surface area contributed by atoms with Crippen molar-refractivity contribution in [2.75, 3.05) is 13.1 Å². The van der Waals surface area contributed by atoms with Gasteiger partial charge in [-0.05, 0) is 26.3 Å². The van der Waals surface area contributed by atoms with Gasteiger partial charge < -0.3 is 19.7 Å². The Morgan fingerprint density at radius 1 is 1.15 bits per heavy atom. The number of amides is 2. The van der Waals surface area contributed by atoms with Crippen molar-refractivity contribution in [2.24, 2.45) is 5.92 Å². The lowest BCUT2D eigenvalue weighted by Crippen LogP contribution is -2.45. The summed E-state index contributed by atoms with van der Waals surface area (Å²) in [6.07, 6.45) is -6.39. The maximum atomic E-state index is 13.3. The number of hydrogen-bond donors (Lipinski definition) is 1. The number of hydrogen-bond acceptors (Lipinski definition) is 4. The van der Waals surface area contributed by atoms with Crippen LogP contribution in [-0.4, -0.2) is 48.0 Å². The summed E-state index contributed by atoms with van der Waals surface area (Å²) in [5, 5.41) is 2.22. The van der Waals surface area contributed by atoms with Crippen molar-refractivity contribution in [3.8, 4) is 0 Å². The van der Waals surface area contributed by atoms with Crippen LogP contribution in [-0.2, 0) is 16.1 Å². The quantitative estimate of drug-likeness (QED) is 0.857. The highest BCUT2D eigenvalue weighted by Crippen LogP contribution is 2.34. The molecule has 1 aliphatic rings. The van der Waals surface area contributed by atoms with Gasteiger partial charge in [0.25, 0.3) is 0 Å². The van der Waals surface area contributed by atoms with Crippen LogP contribution in [0.4, 0.5) is 22.8 Å². The van der Waals surface area contributed by atoms with Crippen LogP contribution in [0.25, 0.3) is 0 Å². The molecule has 0 aromatic heterocycles. The van der Waals surface area contributed by atoms with Crippen molar-refractivity contribution in [3.63, 3.8) is 0 Å². The lowest BCUT2D eigenvalue weighted by Gasteiger charge is -2.24. The second-order valence-corrected chi connectivity index (χ2v) is 7.35. The number of nitrogens with zero attached hydrogens (tertiary/aromatic N) is 1. The zero-order valence-electron chi connectivity index (χ0n) is 15.4. The number of carbonyl (C=O) groups is 2. The van der Waals surface area contributed by atoms with E-state index in [2.05, 4.69) is 5.32 Å². The first-order valence-electron chi connectivity index (χ1n) is 8.47. The number of ether oxygens (including phenoxy) is 2. The molecule has 9 heteroatoms. The molecule has 1 heterocycles. The molecule has 1 aromatic carbocycles. The molecule has 1 N–H and O–H groups in total. The van der Waals surface area contributed by atoms with Gasteiger partial charge in [-0.3, -0.25) is 0 Å². The fourth-order valence-corrected chi connectivity index (χ4v) is 2.67. The van der Waals surface area contributed by atoms with Crippen LogP contribution in [0.3, 0.4) is 0 Å². The molecule has 0 spiro atoms. The second kappa shape index (κ2) is 8.06. The van der Waals surface area contributed by atoms with Gasteiger partial charge in [-0.25, -0.2) is 9.59 Å². The third kappa shape index (κ3) is 6.33. The molecule has 0 unspecified atom stereocenters. The molecule has 0 aliphatic carbocycles. The Morgan fingerprint density at radius 2 is 1.78 bits per heavy atom. The van der Waals surface area contributed by atoms with E-state index in [0.29, 0.717) is 5.56 Å². The maximum absolute atomic E-state index is 13.3. The van der Waals surface area contributed by atoms with E-state index in [0.717, 1.165) is 4.90 Å². The van der Waals surface area contributed by atoms with Crippen molar-refractivity contribution in [3.05, 3.63) is 35.9 Å². The van der Waals surface area contributed by atoms with Gasteiger partial charge in [-0.15, -0.1) is 0 Å². The Kier molecular flexibility index (Phi) is 6.22. The molecule has 2 rings (SSSR count). The standard InChI is InChI=1S/C18H23F3N2O4/c1-17(2,3)27-16(25)23-9-13(18(19,20)21)14(10-23)22-15(24)26-11-12-7-5-4-6-8-12/h4-8,13-14H,9-11H2,1-3H3,(H,22,24)/t13-,14-/m0/s1. The molecule has 6 nitrogen and oxygen atoms in total. The minimum Gasteiger partial charge on any atom is -0.445 e. The van der Waals surface area contributed by atoms with Crippen molar-refractivity contribution in [2.45, 2.75) is 45.2 Å². The molecule has 2 atom stereocenters. The minimum absolute atomic E-state index is 0.0636. The fraction of sp³-hybridized carbons (Fsp3) is 0.556. The third-order valence-electron chi connectivity index (χ3n) is 3.91. The fourth-order valence-electron chi connectivity index (χ4n) is 2.67. The Balaban J connectivity index is 1.97. The first-order chi connectivity index (χ1) is 12.5. The van der Waals surface area contributed by atoms with Crippen molar-refractivity contribution >= 4 is 12.2 Å². The summed E-state index contributed by atoms with van der Waals surface area (Å²) >= 11 is 0. The number of alkyl halides is 3. The third-order valence-corrected chi connectivity index (χ3v) is 3.91. The van der Waals surface area contributed by atoms with Crippen LogP contribution in [0.2, 0.25) is 0 Å². The van der Waals surface area contributed by atoms with Gasteiger partial charge in [0, 0.05) is 13.1 Å². The molecule has 1 saturated heterocycles. The molecule has 0 saturated carbocycles. The first-order valence-corrected chi connectivity index (χ1v) is 8.47. The average Bonchev–Trinajstić information content (AvgIpc) is 2.96. The number of carbonyl (C=O) groups excluding carboxylic acids is 2. The number of nitrogens with one attached hydrogen (secondary N) is 1. The second-order valence-electron chi connectivity index (χ2n) is 7.35. The SMILES string of the molecule is CC(C)(C)OC(=O)N1C[C@H](NC(=O)OCc2ccccc2)[C@@H](C(F)(F)F)C1. The van der Waals surface area contributed by atoms with Gasteiger partial charge in [0.2, 0.25) is 0 Å². The molecule has 27 heavy (non-hydrogen) atoms.